The summed E-state index contributed by atoms with van der Waals surface area (Å²) in [6.45, 7) is -0.412. The molecular formula is C18H19NO6. The number of ether oxygens (including phenoxy) is 3. The van der Waals surface area contributed by atoms with Crippen molar-refractivity contribution < 1.29 is 28.9 Å². The van der Waals surface area contributed by atoms with Crippen LogP contribution in [-0.2, 0) is 16.0 Å². The minimum absolute atomic E-state index is 0.178. The summed E-state index contributed by atoms with van der Waals surface area (Å²) < 4.78 is 15.4. The molecule has 7 nitrogen and oxygen atoms in total. The Bertz CT molecular complexity index is 742. The molecule has 2 rings (SSSR count). The Morgan fingerprint density at radius 1 is 1.00 bits per heavy atom. The maximum atomic E-state index is 12.1. The maximum absolute atomic E-state index is 12.1. The van der Waals surface area contributed by atoms with Crippen LogP contribution in [0.5, 0.6) is 17.2 Å². The summed E-state index contributed by atoms with van der Waals surface area (Å²) in [5, 5.41) is 11.3. The molecule has 0 aliphatic carbocycles. The van der Waals surface area contributed by atoms with Gasteiger partial charge in [0.25, 0.3) is 0 Å². The molecule has 0 unspecified atom stereocenters. The van der Waals surface area contributed by atoms with E-state index in [0.29, 0.717) is 22.9 Å². The van der Waals surface area contributed by atoms with Gasteiger partial charge in [-0.2, -0.15) is 0 Å². The smallest absolute Gasteiger partial charge is 0.341 e. The molecule has 0 saturated heterocycles. The minimum Gasteiger partial charge on any atom is -0.493 e. The molecular weight excluding hydrogens is 326 g/mol. The zero-order valence-electron chi connectivity index (χ0n) is 13.9. The Morgan fingerprint density at radius 2 is 1.68 bits per heavy atom. The number of hydrogen-bond donors (Lipinski definition) is 2. The fourth-order valence-corrected chi connectivity index (χ4v) is 2.16. The van der Waals surface area contributed by atoms with E-state index in [9.17, 15) is 9.59 Å². The summed E-state index contributed by atoms with van der Waals surface area (Å²) in [4.78, 5) is 22.6. The zero-order chi connectivity index (χ0) is 18.2. The van der Waals surface area contributed by atoms with Crippen LogP contribution in [0.2, 0.25) is 0 Å². The molecule has 0 spiro atoms. The Labute approximate surface area is 145 Å². The number of carbonyl (C=O) groups excluding carboxylic acids is 1. The largest absolute Gasteiger partial charge is 0.493 e. The Balaban J connectivity index is 1.94. The van der Waals surface area contributed by atoms with Gasteiger partial charge in [-0.3, -0.25) is 4.79 Å². The van der Waals surface area contributed by atoms with Gasteiger partial charge in [0.05, 0.1) is 20.6 Å². The van der Waals surface area contributed by atoms with Gasteiger partial charge in [-0.25, -0.2) is 4.79 Å². The summed E-state index contributed by atoms with van der Waals surface area (Å²) in [6, 6.07) is 11.8. The number of methoxy groups -OCH3 is 2. The lowest BCUT2D eigenvalue weighted by Crippen LogP contribution is -2.14. The summed E-state index contributed by atoms with van der Waals surface area (Å²) in [6.07, 6.45) is 0.178. The molecule has 25 heavy (non-hydrogen) atoms. The molecule has 2 aromatic carbocycles. The molecule has 0 aliphatic rings. The molecule has 0 aromatic heterocycles. The van der Waals surface area contributed by atoms with E-state index in [1.165, 1.54) is 7.11 Å². The van der Waals surface area contributed by atoms with Crippen molar-refractivity contribution in [3.8, 4) is 17.2 Å². The van der Waals surface area contributed by atoms with Crippen LogP contribution < -0.4 is 19.5 Å². The predicted octanol–water partition coefficient (Wildman–Crippen LogP) is 2.35. The van der Waals surface area contributed by atoms with Crippen molar-refractivity contribution in [3.63, 3.8) is 0 Å². The van der Waals surface area contributed by atoms with Gasteiger partial charge < -0.3 is 24.6 Å². The fraction of sp³-hybridized carbons (Fsp3) is 0.222. The van der Waals surface area contributed by atoms with Crippen LogP contribution in [0.3, 0.4) is 0 Å². The molecule has 0 bridgehead atoms. The van der Waals surface area contributed by atoms with E-state index in [-0.39, 0.29) is 12.3 Å². The number of carbonyl (C=O) groups is 2. The lowest BCUT2D eigenvalue weighted by molar-refractivity contribution is -0.139. The van der Waals surface area contributed by atoms with Gasteiger partial charge in [0.15, 0.2) is 18.1 Å². The third kappa shape index (κ3) is 5.42. The van der Waals surface area contributed by atoms with Crippen LogP contribution in [0.25, 0.3) is 0 Å². The minimum atomic E-state index is -1.05. The van der Waals surface area contributed by atoms with Gasteiger partial charge in [0.2, 0.25) is 5.91 Å². The average molecular weight is 345 g/mol. The molecule has 0 atom stereocenters. The van der Waals surface area contributed by atoms with Crippen molar-refractivity contribution >= 4 is 17.6 Å². The predicted molar refractivity (Wildman–Crippen MR) is 91.5 cm³/mol. The molecule has 7 heteroatoms. The van der Waals surface area contributed by atoms with E-state index in [0.717, 1.165) is 5.56 Å². The summed E-state index contributed by atoms with van der Waals surface area (Å²) >= 11 is 0. The number of nitrogens with one attached hydrogen (secondary N) is 1. The standard InChI is InChI=1S/C18H19NO6/c1-23-15-8-3-12(9-16(15)24-2)10-17(20)19-13-4-6-14(7-5-13)25-11-18(21)22/h3-9H,10-11H2,1-2H3,(H,19,20)(H,21,22). The van der Waals surface area contributed by atoms with E-state index >= 15 is 0 Å². The number of hydrogen-bond acceptors (Lipinski definition) is 5. The molecule has 0 radical (unpaired) electrons. The fourth-order valence-electron chi connectivity index (χ4n) is 2.16. The zero-order valence-corrected chi connectivity index (χ0v) is 13.9. The van der Waals surface area contributed by atoms with Crippen LogP contribution in [0, 0.1) is 0 Å². The number of carboxylic acids is 1. The number of carboxylic acid groups (broad SMARTS) is 1. The first-order valence-electron chi connectivity index (χ1n) is 7.47. The second-order valence-corrected chi connectivity index (χ2v) is 5.12. The molecule has 1 amide bonds. The van der Waals surface area contributed by atoms with Gasteiger partial charge in [-0.1, -0.05) is 6.07 Å². The van der Waals surface area contributed by atoms with Crippen LogP contribution >= 0.6 is 0 Å². The van der Waals surface area contributed by atoms with Crippen molar-refractivity contribution in [1.29, 1.82) is 0 Å². The third-order valence-electron chi connectivity index (χ3n) is 3.31. The van der Waals surface area contributed by atoms with Gasteiger partial charge in [0.1, 0.15) is 5.75 Å². The second-order valence-electron chi connectivity index (χ2n) is 5.12. The van der Waals surface area contributed by atoms with Crippen LogP contribution in [0.15, 0.2) is 42.5 Å². The third-order valence-corrected chi connectivity index (χ3v) is 3.31. The average Bonchev–Trinajstić information content (AvgIpc) is 2.60. The van der Waals surface area contributed by atoms with Gasteiger partial charge >= 0.3 is 5.97 Å². The number of benzene rings is 2. The summed E-state index contributed by atoms with van der Waals surface area (Å²) in [7, 11) is 3.09. The molecule has 0 saturated carbocycles. The van der Waals surface area contributed by atoms with E-state index < -0.39 is 12.6 Å². The second kappa shape index (κ2) is 8.58. The maximum Gasteiger partial charge on any atom is 0.341 e. The Kier molecular flexibility index (Phi) is 6.22. The molecule has 2 aromatic rings. The Hall–Kier alpha value is -3.22. The first-order valence-corrected chi connectivity index (χ1v) is 7.47. The van der Waals surface area contributed by atoms with Crippen molar-refractivity contribution in [3.05, 3.63) is 48.0 Å². The number of rotatable bonds is 8. The Morgan fingerprint density at radius 3 is 2.28 bits per heavy atom. The highest BCUT2D eigenvalue weighted by atomic mass is 16.5. The van der Waals surface area contributed by atoms with E-state index in [4.69, 9.17) is 19.3 Å². The normalized spacial score (nSPS) is 10.0. The number of aliphatic carboxylic acids is 1. The van der Waals surface area contributed by atoms with Crippen LogP contribution in [0.4, 0.5) is 5.69 Å². The first-order chi connectivity index (χ1) is 12.0. The summed E-state index contributed by atoms with van der Waals surface area (Å²) in [5.74, 6) is 0.343. The molecule has 0 heterocycles. The van der Waals surface area contributed by atoms with Crippen LogP contribution in [0.1, 0.15) is 5.56 Å². The van der Waals surface area contributed by atoms with Crippen molar-refractivity contribution in [2.24, 2.45) is 0 Å². The molecule has 132 valence electrons. The van der Waals surface area contributed by atoms with E-state index in [1.807, 2.05) is 0 Å². The number of anilines is 1. The highest BCUT2D eigenvalue weighted by molar-refractivity contribution is 5.92. The molecule has 2 N–H and O–H groups in total. The molecule has 0 fully saturated rings. The van der Waals surface area contributed by atoms with E-state index in [2.05, 4.69) is 5.32 Å². The SMILES string of the molecule is COc1ccc(CC(=O)Nc2ccc(OCC(=O)O)cc2)cc1OC. The van der Waals surface area contributed by atoms with Gasteiger partial charge in [0, 0.05) is 5.69 Å². The lowest BCUT2D eigenvalue weighted by atomic mass is 10.1. The van der Waals surface area contributed by atoms with Crippen LogP contribution in [-0.4, -0.2) is 37.8 Å². The monoisotopic (exact) mass is 345 g/mol. The van der Waals surface area contributed by atoms with Crippen molar-refractivity contribution in [2.75, 3.05) is 26.1 Å². The highest BCUT2D eigenvalue weighted by Crippen LogP contribution is 2.27. The summed E-state index contributed by atoms with van der Waals surface area (Å²) in [5.41, 5.74) is 1.38. The van der Waals surface area contributed by atoms with Crippen molar-refractivity contribution in [1.82, 2.24) is 0 Å². The quantitative estimate of drug-likeness (QED) is 0.763. The van der Waals surface area contributed by atoms with Crippen molar-refractivity contribution in [2.45, 2.75) is 6.42 Å². The topological polar surface area (TPSA) is 94.1 Å². The van der Waals surface area contributed by atoms with E-state index in [1.54, 1.807) is 49.6 Å². The van der Waals surface area contributed by atoms with Gasteiger partial charge in [-0.15, -0.1) is 0 Å². The first kappa shape index (κ1) is 18.1. The van der Waals surface area contributed by atoms with Gasteiger partial charge in [-0.05, 0) is 42.0 Å². The number of amides is 1. The molecule has 0 aliphatic heterocycles. The lowest BCUT2D eigenvalue weighted by Gasteiger charge is -2.10. The highest BCUT2D eigenvalue weighted by Gasteiger charge is 2.09.